The standard InChI is InChI=1S/C6H20O3Si3/c1-4-7-12(11-10,8-5-2)9-6-3/h4-6,11H2,1-3,10H3. The molecule has 0 amide bonds. The molecule has 12 heavy (non-hydrogen) atoms. The molecule has 0 aliphatic carbocycles. The lowest BCUT2D eigenvalue weighted by molar-refractivity contribution is 0.0937. The molecule has 0 aromatic rings. The van der Waals surface area contributed by atoms with Gasteiger partial charge in [0.05, 0.1) is 0 Å². The molecule has 6 heteroatoms. The van der Waals surface area contributed by atoms with Crippen LogP contribution in [0, 0.1) is 0 Å². The molecule has 0 radical (unpaired) electrons. The summed E-state index contributed by atoms with van der Waals surface area (Å²) < 4.78 is 17.0. The predicted octanol–water partition coefficient (Wildman–Crippen LogP) is -1.02. The Labute approximate surface area is 81.0 Å². The van der Waals surface area contributed by atoms with Crippen molar-refractivity contribution in [3.05, 3.63) is 0 Å². The van der Waals surface area contributed by atoms with E-state index in [0.29, 0.717) is 0 Å². The molecule has 0 rings (SSSR count). The smallest absolute Gasteiger partial charge is 0.377 e. The largest absolute Gasteiger partial charge is 0.458 e. The highest BCUT2D eigenvalue weighted by atomic mass is 29.6. The average Bonchev–Trinajstić information content (AvgIpc) is 2.06. The molecule has 0 aromatic heterocycles. The maximum absolute atomic E-state index is 5.65. The molecule has 0 saturated carbocycles. The van der Waals surface area contributed by atoms with Crippen molar-refractivity contribution in [2.75, 3.05) is 19.8 Å². The summed E-state index contributed by atoms with van der Waals surface area (Å²) in [6.07, 6.45) is 0. The predicted molar refractivity (Wildman–Crippen MR) is 59.1 cm³/mol. The van der Waals surface area contributed by atoms with Crippen molar-refractivity contribution in [2.45, 2.75) is 20.8 Å². The first-order valence-electron chi connectivity index (χ1n) is 4.66. The molecular weight excluding hydrogens is 204 g/mol. The van der Waals surface area contributed by atoms with E-state index in [4.69, 9.17) is 13.3 Å². The summed E-state index contributed by atoms with van der Waals surface area (Å²) in [6.45, 7) is 8.19. The van der Waals surface area contributed by atoms with Crippen LogP contribution >= 0.6 is 0 Å². The minimum Gasteiger partial charge on any atom is -0.377 e. The van der Waals surface area contributed by atoms with Crippen molar-refractivity contribution < 1.29 is 13.3 Å². The monoisotopic (exact) mass is 224 g/mol. The lowest BCUT2D eigenvalue weighted by atomic mass is 10.9. The fourth-order valence-corrected chi connectivity index (χ4v) is 12.5. The second-order valence-corrected chi connectivity index (χ2v) is 16.4. The second kappa shape index (κ2) is 6.98. The minimum atomic E-state index is -2.07. The minimum absolute atomic E-state index is 0.201. The van der Waals surface area contributed by atoms with Gasteiger partial charge in [-0.2, -0.15) is 0 Å². The van der Waals surface area contributed by atoms with Gasteiger partial charge in [-0.3, -0.25) is 0 Å². The second-order valence-electron chi connectivity index (χ2n) is 2.34. The van der Waals surface area contributed by atoms with E-state index in [1.807, 2.05) is 20.8 Å². The van der Waals surface area contributed by atoms with Gasteiger partial charge in [-0.05, 0) is 30.5 Å². The van der Waals surface area contributed by atoms with Gasteiger partial charge < -0.3 is 13.3 Å². The molecule has 3 nitrogen and oxygen atoms in total. The van der Waals surface area contributed by atoms with Gasteiger partial charge >= 0.3 is 8.32 Å². The van der Waals surface area contributed by atoms with Crippen molar-refractivity contribution in [2.24, 2.45) is 0 Å². The quantitative estimate of drug-likeness (QED) is 0.518. The lowest BCUT2D eigenvalue weighted by Crippen LogP contribution is -2.52. The molecule has 0 bridgehead atoms. The van der Waals surface area contributed by atoms with Crippen LogP contribution in [-0.2, 0) is 13.3 Å². The number of hydrogen-bond acceptors (Lipinski definition) is 3. The third-order valence-electron chi connectivity index (χ3n) is 1.53. The van der Waals surface area contributed by atoms with Gasteiger partial charge in [-0.1, -0.05) is 0 Å². The Bertz CT molecular complexity index is 95.2. The number of hydrogen-bond donors (Lipinski definition) is 0. The van der Waals surface area contributed by atoms with E-state index in [9.17, 15) is 0 Å². The van der Waals surface area contributed by atoms with E-state index in [-0.39, 0.29) is 8.55 Å². The van der Waals surface area contributed by atoms with E-state index in [1.54, 1.807) is 0 Å². The first-order valence-corrected chi connectivity index (χ1v) is 14.4. The summed E-state index contributed by atoms with van der Waals surface area (Å²) in [5.74, 6) is 0. The Kier molecular flexibility index (Phi) is 7.29. The molecule has 0 heterocycles. The Morgan fingerprint density at radius 1 is 1.00 bits per heavy atom. The first-order chi connectivity index (χ1) is 5.74. The molecule has 0 aliphatic rings. The highest BCUT2D eigenvalue weighted by molar-refractivity contribution is 7.33. The van der Waals surface area contributed by atoms with Crippen molar-refractivity contribution >= 4 is 26.6 Å². The molecule has 0 aromatic carbocycles. The van der Waals surface area contributed by atoms with Crippen LogP contribution in [0.3, 0.4) is 0 Å². The summed E-state index contributed by atoms with van der Waals surface area (Å²) in [4.78, 5) is 0. The van der Waals surface area contributed by atoms with Crippen molar-refractivity contribution in [3.8, 4) is 0 Å². The Hall–Kier alpha value is 0.531. The normalized spacial score (nSPS) is 13.2. The highest BCUT2D eigenvalue weighted by Gasteiger charge is 2.36. The van der Waals surface area contributed by atoms with E-state index < -0.39 is 8.32 Å². The van der Waals surface area contributed by atoms with Gasteiger partial charge in [0.25, 0.3) is 0 Å². The van der Waals surface area contributed by atoms with Crippen LogP contribution in [0.25, 0.3) is 0 Å². The topological polar surface area (TPSA) is 27.7 Å². The molecule has 0 fully saturated rings. The summed E-state index contributed by atoms with van der Waals surface area (Å²) in [6, 6.07) is 0. The highest BCUT2D eigenvalue weighted by Crippen LogP contribution is 2.06. The molecular formula is C6H20O3Si3. The summed E-state index contributed by atoms with van der Waals surface area (Å²) in [5.41, 5.74) is 0. The van der Waals surface area contributed by atoms with Crippen LogP contribution in [0.2, 0.25) is 0 Å². The third-order valence-corrected chi connectivity index (χ3v) is 16.8. The van der Waals surface area contributed by atoms with Crippen molar-refractivity contribution in [1.29, 1.82) is 0 Å². The van der Waals surface area contributed by atoms with E-state index in [2.05, 4.69) is 0 Å². The van der Waals surface area contributed by atoms with Crippen molar-refractivity contribution in [1.82, 2.24) is 0 Å². The van der Waals surface area contributed by atoms with Gasteiger partial charge in [0.1, 0.15) is 8.55 Å². The lowest BCUT2D eigenvalue weighted by Gasteiger charge is -2.27. The molecule has 0 atom stereocenters. The molecule has 0 unspecified atom stereocenters. The van der Waals surface area contributed by atoms with Gasteiger partial charge in [-0.25, -0.2) is 0 Å². The number of rotatable bonds is 7. The Morgan fingerprint density at radius 2 is 1.33 bits per heavy atom. The first kappa shape index (κ1) is 12.5. The van der Waals surface area contributed by atoms with Crippen molar-refractivity contribution in [3.63, 3.8) is 0 Å². The maximum atomic E-state index is 5.65. The SMILES string of the molecule is CCO[Si](OCC)(OCC)[SiH2][SiH3]. The molecule has 0 aliphatic heterocycles. The maximum Gasteiger partial charge on any atom is 0.458 e. The molecule has 74 valence electrons. The van der Waals surface area contributed by atoms with Crippen LogP contribution < -0.4 is 0 Å². The van der Waals surface area contributed by atoms with Gasteiger partial charge in [-0.15, -0.1) is 0 Å². The van der Waals surface area contributed by atoms with Crippen LogP contribution in [0.1, 0.15) is 20.8 Å². The van der Waals surface area contributed by atoms with E-state index in [0.717, 1.165) is 19.8 Å². The van der Waals surface area contributed by atoms with Crippen LogP contribution in [-0.4, -0.2) is 46.5 Å². The van der Waals surface area contributed by atoms with E-state index in [1.165, 1.54) is 9.76 Å². The Balaban J connectivity index is 4.06. The average molecular weight is 224 g/mol. The third kappa shape index (κ3) is 3.97. The molecule has 0 N–H and O–H groups in total. The fraction of sp³-hybridized carbons (Fsp3) is 1.00. The van der Waals surface area contributed by atoms with Crippen LogP contribution in [0.4, 0.5) is 0 Å². The van der Waals surface area contributed by atoms with E-state index >= 15 is 0 Å². The molecule has 0 spiro atoms. The summed E-state index contributed by atoms with van der Waals surface area (Å²) in [7, 11) is -1.06. The fourth-order valence-electron chi connectivity index (χ4n) is 1.09. The van der Waals surface area contributed by atoms with Crippen LogP contribution in [0.15, 0.2) is 0 Å². The zero-order valence-electron chi connectivity index (χ0n) is 8.55. The summed E-state index contributed by atoms with van der Waals surface area (Å²) >= 11 is 0. The van der Waals surface area contributed by atoms with Gasteiger partial charge in [0.2, 0.25) is 0 Å². The molecule has 0 saturated heterocycles. The summed E-state index contributed by atoms with van der Waals surface area (Å²) in [5, 5.41) is 0. The van der Waals surface area contributed by atoms with Crippen LogP contribution in [0.5, 0.6) is 0 Å². The van der Waals surface area contributed by atoms with Gasteiger partial charge in [0.15, 0.2) is 0 Å². The van der Waals surface area contributed by atoms with Gasteiger partial charge in [0, 0.05) is 19.8 Å². The Morgan fingerprint density at radius 3 is 1.50 bits per heavy atom. The zero-order chi connectivity index (χ0) is 9.45. The zero-order valence-corrected chi connectivity index (χ0v) is 13.0.